The van der Waals surface area contributed by atoms with Crippen molar-refractivity contribution in [1.29, 1.82) is 0 Å². The highest BCUT2D eigenvalue weighted by Crippen LogP contribution is 2.25. The van der Waals surface area contributed by atoms with E-state index in [1.165, 1.54) is 0 Å². The molecule has 1 aromatic heterocycles. The van der Waals surface area contributed by atoms with Crippen molar-refractivity contribution in [3.05, 3.63) is 23.0 Å². The highest BCUT2D eigenvalue weighted by Gasteiger charge is 2.21. The summed E-state index contributed by atoms with van der Waals surface area (Å²) >= 11 is 0. The van der Waals surface area contributed by atoms with E-state index in [4.69, 9.17) is 15.2 Å². The van der Waals surface area contributed by atoms with Crippen LogP contribution in [0.5, 0.6) is 5.75 Å². The van der Waals surface area contributed by atoms with Crippen LogP contribution in [-0.2, 0) is 11.3 Å². The van der Waals surface area contributed by atoms with Crippen LogP contribution in [0.3, 0.4) is 0 Å². The molecule has 0 aliphatic carbocycles. The van der Waals surface area contributed by atoms with Crippen molar-refractivity contribution < 1.29 is 9.47 Å². The van der Waals surface area contributed by atoms with Gasteiger partial charge in [0.2, 0.25) is 0 Å². The van der Waals surface area contributed by atoms with Gasteiger partial charge in [-0.3, -0.25) is 4.98 Å². The molecule has 1 heterocycles. The molecule has 2 N–H and O–H groups in total. The van der Waals surface area contributed by atoms with E-state index in [1.807, 2.05) is 27.0 Å². The minimum atomic E-state index is -0.285. The summed E-state index contributed by atoms with van der Waals surface area (Å²) in [5.74, 6) is 0.884. The number of rotatable bonds is 6. The molecule has 18 heavy (non-hydrogen) atoms. The second-order valence-electron chi connectivity index (χ2n) is 4.84. The number of methoxy groups -OCH3 is 1. The molecule has 1 rings (SSSR count). The summed E-state index contributed by atoms with van der Waals surface area (Å²) in [4.78, 5) is 4.41. The van der Waals surface area contributed by atoms with Crippen LogP contribution in [0.25, 0.3) is 0 Å². The molecule has 0 fully saturated rings. The van der Waals surface area contributed by atoms with Gasteiger partial charge in [-0.25, -0.2) is 0 Å². The topological polar surface area (TPSA) is 57.4 Å². The Labute approximate surface area is 110 Å². The number of aromatic nitrogens is 1. The van der Waals surface area contributed by atoms with Crippen LogP contribution >= 0.6 is 0 Å². The predicted octanol–water partition coefficient (Wildman–Crippen LogP) is 2.35. The van der Waals surface area contributed by atoms with E-state index in [0.29, 0.717) is 13.2 Å². The normalized spacial score (nSPS) is 14.3. The maximum Gasteiger partial charge on any atom is 0.128 e. The maximum absolute atomic E-state index is 5.89. The number of aryl methyl sites for hydroxylation is 1. The smallest absolute Gasteiger partial charge is 0.128 e. The molecule has 1 atom stereocenters. The highest BCUT2D eigenvalue weighted by atomic mass is 16.5. The highest BCUT2D eigenvalue weighted by molar-refractivity contribution is 5.40. The lowest BCUT2D eigenvalue weighted by Crippen LogP contribution is -2.36. The first-order chi connectivity index (χ1) is 8.47. The fourth-order valence-corrected chi connectivity index (χ4v) is 1.76. The van der Waals surface area contributed by atoms with Gasteiger partial charge in [-0.05, 0) is 27.2 Å². The number of pyridine rings is 1. The van der Waals surface area contributed by atoms with Crippen molar-refractivity contribution >= 4 is 0 Å². The summed E-state index contributed by atoms with van der Waals surface area (Å²) < 4.78 is 11.3. The Bertz CT molecular complexity index is 401. The van der Waals surface area contributed by atoms with E-state index in [9.17, 15) is 0 Å². The molecule has 0 saturated carbocycles. The van der Waals surface area contributed by atoms with Crippen LogP contribution in [0.2, 0.25) is 0 Å². The van der Waals surface area contributed by atoms with Crippen LogP contribution in [0, 0.1) is 13.8 Å². The molecule has 0 amide bonds. The van der Waals surface area contributed by atoms with Crippen molar-refractivity contribution in [2.45, 2.75) is 46.3 Å². The van der Waals surface area contributed by atoms with E-state index in [1.54, 1.807) is 7.11 Å². The molecule has 4 heteroatoms. The number of nitrogens with two attached hydrogens (primary N) is 1. The summed E-state index contributed by atoms with van der Waals surface area (Å²) in [5.41, 5.74) is 8.43. The minimum Gasteiger partial charge on any atom is -0.496 e. The average Bonchev–Trinajstić information content (AvgIpc) is 2.38. The number of ether oxygens (including phenoxy) is 2. The number of nitrogens with zero attached hydrogens (tertiary/aromatic N) is 1. The fourth-order valence-electron chi connectivity index (χ4n) is 1.76. The molecule has 1 aromatic rings. The summed E-state index contributed by atoms with van der Waals surface area (Å²) in [7, 11) is 1.68. The lowest BCUT2D eigenvalue weighted by atomic mass is 10.0. The van der Waals surface area contributed by atoms with Gasteiger partial charge in [-0.2, -0.15) is 0 Å². The molecule has 102 valence electrons. The Hall–Kier alpha value is -1.13. The Balaban J connectivity index is 2.86. The summed E-state index contributed by atoms with van der Waals surface area (Å²) in [6, 6.07) is 0. The molecule has 0 aromatic carbocycles. The predicted molar refractivity (Wildman–Crippen MR) is 72.8 cm³/mol. The Morgan fingerprint density at radius 1 is 1.39 bits per heavy atom. The first-order valence-electron chi connectivity index (χ1n) is 6.30. The Morgan fingerprint density at radius 3 is 2.56 bits per heavy atom. The summed E-state index contributed by atoms with van der Waals surface area (Å²) in [5, 5.41) is 0. The lowest BCUT2D eigenvalue weighted by molar-refractivity contribution is -0.0403. The quantitative estimate of drug-likeness (QED) is 0.844. The first-order valence-corrected chi connectivity index (χ1v) is 6.30. The molecule has 4 nitrogen and oxygen atoms in total. The molecule has 0 bridgehead atoms. The minimum absolute atomic E-state index is 0.285. The average molecular weight is 252 g/mol. The van der Waals surface area contributed by atoms with Gasteiger partial charge in [-0.15, -0.1) is 0 Å². The SMILES string of the molecule is CCC(C)(CN)OCc1ncc(C)c(OC)c1C. The van der Waals surface area contributed by atoms with Gasteiger partial charge in [0, 0.05) is 23.9 Å². The number of hydrogen-bond acceptors (Lipinski definition) is 4. The second-order valence-corrected chi connectivity index (χ2v) is 4.84. The fraction of sp³-hybridized carbons (Fsp3) is 0.643. The Morgan fingerprint density at radius 2 is 2.06 bits per heavy atom. The largest absolute Gasteiger partial charge is 0.496 e. The molecular formula is C14H24N2O2. The molecule has 1 unspecified atom stereocenters. The van der Waals surface area contributed by atoms with Gasteiger partial charge < -0.3 is 15.2 Å². The molecule has 0 saturated heterocycles. The third-order valence-corrected chi connectivity index (χ3v) is 3.49. The third kappa shape index (κ3) is 3.21. The van der Waals surface area contributed by atoms with Gasteiger partial charge in [-0.1, -0.05) is 6.92 Å². The van der Waals surface area contributed by atoms with Crippen molar-refractivity contribution in [3.8, 4) is 5.75 Å². The van der Waals surface area contributed by atoms with Gasteiger partial charge in [0.25, 0.3) is 0 Å². The molecule has 0 radical (unpaired) electrons. The van der Waals surface area contributed by atoms with Crippen LogP contribution in [-0.4, -0.2) is 24.2 Å². The monoisotopic (exact) mass is 252 g/mol. The molecule has 0 spiro atoms. The zero-order valence-corrected chi connectivity index (χ0v) is 12.0. The van der Waals surface area contributed by atoms with Gasteiger partial charge in [0.15, 0.2) is 0 Å². The standard InChI is InChI=1S/C14H24N2O2/c1-6-14(4,9-15)18-8-12-11(3)13(17-5)10(2)7-16-12/h7H,6,8-9,15H2,1-5H3. The zero-order chi connectivity index (χ0) is 13.8. The van der Waals surface area contributed by atoms with Crippen LogP contribution in [0.1, 0.15) is 37.1 Å². The van der Waals surface area contributed by atoms with Crippen molar-refractivity contribution in [2.24, 2.45) is 5.73 Å². The van der Waals surface area contributed by atoms with Gasteiger partial charge in [0.1, 0.15) is 5.75 Å². The summed E-state index contributed by atoms with van der Waals surface area (Å²) in [6.45, 7) is 9.05. The second kappa shape index (κ2) is 6.16. The Kier molecular flexibility index (Phi) is 5.11. The van der Waals surface area contributed by atoms with Crippen LogP contribution < -0.4 is 10.5 Å². The van der Waals surface area contributed by atoms with Gasteiger partial charge in [0.05, 0.1) is 25.0 Å². The van der Waals surface area contributed by atoms with Crippen LogP contribution in [0.15, 0.2) is 6.20 Å². The maximum atomic E-state index is 5.89. The lowest BCUT2D eigenvalue weighted by Gasteiger charge is -2.27. The molecular weight excluding hydrogens is 228 g/mol. The van der Waals surface area contributed by atoms with E-state index < -0.39 is 0 Å². The van der Waals surface area contributed by atoms with Crippen molar-refractivity contribution in [2.75, 3.05) is 13.7 Å². The van der Waals surface area contributed by atoms with Crippen molar-refractivity contribution in [1.82, 2.24) is 4.98 Å². The molecule has 0 aliphatic heterocycles. The van der Waals surface area contributed by atoms with Gasteiger partial charge >= 0.3 is 0 Å². The first kappa shape index (κ1) is 14.9. The van der Waals surface area contributed by atoms with E-state index in [2.05, 4.69) is 11.9 Å². The van der Waals surface area contributed by atoms with Crippen LogP contribution in [0.4, 0.5) is 0 Å². The summed E-state index contributed by atoms with van der Waals surface area (Å²) in [6.07, 6.45) is 2.70. The third-order valence-electron chi connectivity index (χ3n) is 3.49. The van der Waals surface area contributed by atoms with E-state index in [-0.39, 0.29) is 5.60 Å². The van der Waals surface area contributed by atoms with E-state index in [0.717, 1.165) is 29.0 Å². The zero-order valence-electron chi connectivity index (χ0n) is 12.0. The molecule has 0 aliphatic rings. The number of hydrogen-bond donors (Lipinski definition) is 1. The van der Waals surface area contributed by atoms with Crippen molar-refractivity contribution in [3.63, 3.8) is 0 Å². The van der Waals surface area contributed by atoms with E-state index >= 15 is 0 Å².